The molecule has 0 fully saturated rings. The summed E-state index contributed by atoms with van der Waals surface area (Å²) in [5, 5.41) is 0. The minimum Gasteiger partial charge on any atom is -0.256 e. The molecule has 0 saturated heterocycles. The van der Waals surface area contributed by atoms with Gasteiger partial charge in [-0.2, -0.15) is 0 Å². The summed E-state index contributed by atoms with van der Waals surface area (Å²) in [6.45, 7) is -1.23. The molecule has 0 aliphatic carbocycles. The zero-order valence-electron chi connectivity index (χ0n) is 21.8. The van der Waals surface area contributed by atoms with E-state index in [2.05, 4.69) is 4.98 Å². The molecule has 122 valence electrons. The Labute approximate surface area is 156 Å². The Bertz CT molecular complexity index is 1100. The number of aromatic nitrogens is 1. The second-order valence-corrected chi connectivity index (χ2v) is 6.04. The van der Waals surface area contributed by atoms with Crippen molar-refractivity contribution in [3.63, 3.8) is 0 Å². The van der Waals surface area contributed by atoms with E-state index in [9.17, 15) is 0 Å². The summed E-state index contributed by atoms with van der Waals surface area (Å²) >= 11 is 0. The minimum atomic E-state index is -2.43. The van der Waals surface area contributed by atoms with Crippen molar-refractivity contribution in [2.45, 2.75) is 33.9 Å². The SMILES string of the molecule is [2H]C([2H])([2H])c1ccccc1-c1cc(-c2ccc(C([2H])([2H])C(C)C)cn2)ccc1C([2H])([2H])[2H]. The van der Waals surface area contributed by atoms with Crippen LogP contribution in [0.25, 0.3) is 22.4 Å². The Balaban J connectivity index is 2.17. The summed E-state index contributed by atoms with van der Waals surface area (Å²) in [6.07, 6.45) is -0.0382. The first-order valence-electron chi connectivity index (χ1n) is 11.9. The van der Waals surface area contributed by atoms with Crippen molar-refractivity contribution < 1.29 is 11.0 Å². The molecular formula is C23H25N. The molecule has 24 heavy (non-hydrogen) atoms. The quantitative estimate of drug-likeness (QED) is 0.554. The fraction of sp³-hybridized carbons (Fsp3) is 0.261. The van der Waals surface area contributed by atoms with Crippen LogP contribution in [0.5, 0.6) is 0 Å². The maximum atomic E-state index is 8.23. The van der Waals surface area contributed by atoms with Gasteiger partial charge < -0.3 is 0 Å². The van der Waals surface area contributed by atoms with Crippen molar-refractivity contribution in [1.82, 2.24) is 4.98 Å². The second-order valence-electron chi connectivity index (χ2n) is 6.04. The molecule has 0 spiro atoms. The topological polar surface area (TPSA) is 12.9 Å². The van der Waals surface area contributed by atoms with Crippen LogP contribution < -0.4 is 0 Å². The number of hydrogen-bond acceptors (Lipinski definition) is 1. The monoisotopic (exact) mass is 323 g/mol. The highest BCUT2D eigenvalue weighted by Crippen LogP contribution is 2.30. The molecule has 1 heteroatoms. The predicted molar refractivity (Wildman–Crippen MR) is 103 cm³/mol. The first-order valence-corrected chi connectivity index (χ1v) is 7.94. The maximum absolute atomic E-state index is 8.23. The highest BCUT2D eigenvalue weighted by atomic mass is 14.7. The van der Waals surface area contributed by atoms with Gasteiger partial charge in [-0.1, -0.05) is 56.3 Å². The van der Waals surface area contributed by atoms with Crippen molar-refractivity contribution in [3.05, 3.63) is 77.5 Å². The fourth-order valence-electron chi connectivity index (χ4n) is 2.63. The fourth-order valence-corrected chi connectivity index (χ4v) is 2.63. The molecule has 0 amide bonds. The van der Waals surface area contributed by atoms with Gasteiger partial charge in [0.2, 0.25) is 0 Å². The average Bonchev–Trinajstić information content (AvgIpc) is 2.72. The lowest BCUT2D eigenvalue weighted by molar-refractivity contribution is 0.646. The Morgan fingerprint density at radius 2 is 1.75 bits per heavy atom. The first kappa shape index (κ1) is 9.17. The number of benzene rings is 2. The van der Waals surface area contributed by atoms with Crippen LogP contribution in [-0.2, 0) is 6.37 Å². The van der Waals surface area contributed by atoms with Crippen molar-refractivity contribution in [2.24, 2.45) is 5.92 Å². The van der Waals surface area contributed by atoms with Crippen LogP contribution in [0.2, 0.25) is 0 Å². The molecule has 3 aromatic rings. The van der Waals surface area contributed by atoms with Crippen molar-refractivity contribution in [3.8, 4) is 22.4 Å². The molecule has 1 aromatic heterocycles. The first-order chi connectivity index (χ1) is 14.7. The van der Waals surface area contributed by atoms with Gasteiger partial charge in [-0.3, -0.25) is 4.98 Å². The number of rotatable bonds is 4. The van der Waals surface area contributed by atoms with Gasteiger partial charge in [0.25, 0.3) is 0 Å². The second kappa shape index (κ2) is 7.00. The zero-order chi connectivity index (χ0) is 23.9. The predicted octanol–water partition coefficient (Wildman–Crippen LogP) is 6.23. The lowest BCUT2D eigenvalue weighted by Gasteiger charge is -2.12. The third-order valence-electron chi connectivity index (χ3n) is 3.75. The highest BCUT2D eigenvalue weighted by molar-refractivity contribution is 5.76. The van der Waals surface area contributed by atoms with Crippen molar-refractivity contribution in [2.75, 3.05) is 0 Å². The molecule has 0 aliphatic rings. The molecule has 0 atom stereocenters. The summed E-state index contributed by atoms with van der Waals surface area (Å²) < 4.78 is 63.9. The maximum Gasteiger partial charge on any atom is 0.0702 e. The third-order valence-corrected chi connectivity index (χ3v) is 3.75. The number of hydrogen-bond donors (Lipinski definition) is 0. The molecule has 0 radical (unpaired) electrons. The van der Waals surface area contributed by atoms with Gasteiger partial charge >= 0.3 is 0 Å². The van der Waals surface area contributed by atoms with Crippen LogP contribution in [0.1, 0.15) is 41.5 Å². The van der Waals surface area contributed by atoms with Gasteiger partial charge in [0.1, 0.15) is 0 Å². The average molecular weight is 324 g/mol. The van der Waals surface area contributed by atoms with E-state index in [1.165, 1.54) is 18.3 Å². The van der Waals surface area contributed by atoms with E-state index in [1.807, 2.05) is 0 Å². The number of aryl methyl sites for hydroxylation is 2. The Morgan fingerprint density at radius 3 is 2.46 bits per heavy atom. The van der Waals surface area contributed by atoms with E-state index in [-0.39, 0.29) is 17.0 Å². The molecule has 2 aromatic carbocycles. The Kier molecular flexibility index (Phi) is 2.68. The molecule has 1 nitrogen and oxygen atoms in total. The van der Waals surface area contributed by atoms with E-state index in [4.69, 9.17) is 11.0 Å². The van der Waals surface area contributed by atoms with E-state index in [0.717, 1.165) is 0 Å². The molecule has 0 bridgehead atoms. The van der Waals surface area contributed by atoms with Crippen LogP contribution >= 0.6 is 0 Å². The largest absolute Gasteiger partial charge is 0.256 e. The minimum absolute atomic E-state index is 0.0608. The van der Waals surface area contributed by atoms with Gasteiger partial charge in [0.05, 0.1) is 5.69 Å². The molecule has 0 saturated carbocycles. The van der Waals surface area contributed by atoms with Crippen LogP contribution in [0.3, 0.4) is 0 Å². The highest BCUT2D eigenvalue weighted by Gasteiger charge is 2.08. The zero-order valence-corrected chi connectivity index (χ0v) is 13.8. The molecule has 3 rings (SSSR count). The molecule has 0 unspecified atom stereocenters. The molecule has 0 N–H and O–H groups in total. The van der Waals surface area contributed by atoms with Crippen LogP contribution in [0.4, 0.5) is 0 Å². The van der Waals surface area contributed by atoms with Gasteiger partial charge in [0, 0.05) is 22.7 Å². The summed E-state index contributed by atoms with van der Waals surface area (Å²) in [6, 6.07) is 14.5. The Hall–Kier alpha value is -2.41. The Morgan fingerprint density at radius 1 is 0.958 bits per heavy atom. The van der Waals surface area contributed by atoms with Gasteiger partial charge in [-0.05, 0) is 65.9 Å². The van der Waals surface area contributed by atoms with Crippen molar-refractivity contribution in [1.29, 1.82) is 0 Å². The molecule has 0 aliphatic heterocycles. The summed E-state index contributed by atoms with van der Waals surface area (Å²) in [7, 11) is 0. The normalized spacial score (nSPS) is 17.6. The number of nitrogens with zero attached hydrogens (tertiary/aromatic N) is 1. The van der Waals surface area contributed by atoms with E-state index in [0.29, 0.717) is 27.9 Å². The lowest BCUT2D eigenvalue weighted by Crippen LogP contribution is -1.95. The molecule has 1 heterocycles. The van der Waals surface area contributed by atoms with Crippen molar-refractivity contribution >= 4 is 0 Å². The number of pyridine rings is 1. The van der Waals surface area contributed by atoms with Gasteiger partial charge in [-0.15, -0.1) is 0 Å². The van der Waals surface area contributed by atoms with Gasteiger partial charge in [0.15, 0.2) is 0 Å². The van der Waals surface area contributed by atoms with Crippen LogP contribution in [-0.4, -0.2) is 4.98 Å². The lowest BCUT2D eigenvalue weighted by atomic mass is 9.94. The molecular weight excluding hydrogens is 290 g/mol. The summed E-state index contributed by atoms with van der Waals surface area (Å²) in [5.74, 6) is -0.225. The summed E-state index contributed by atoms with van der Waals surface area (Å²) in [4.78, 5) is 4.40. The van der Waals surface area contributed by atoms with E-state index < -0.39 is 20.1 Å². The standard InChI is InChI=1S/C23H25N/c1-16(2)13-19-10-12-23(24-15-19)20-11-9-18(4)22(14-20)21-8-6-5-7-17(21)3/h5-12,14-16H,13H2,1-4H3/i3D3,4D3,13D2. The van der Waals surface area contributed by atoms with Crippen LogP contribution in [0, 0.1) is 19.6 Å². The summed E-state index contributed by atoms with van der Waals surface area (Å²) in [5.41, 5.74) is 2.42. The smallest absolute Gasteiger partial charge is 0.0702 e. The van der Waals surface area contributed by atoms with Gasteiger partial charge in [-0.25, -0.2) is 0 Å². The van der Waals surface area contributed by atoms with E-state index >= 15 is 0 Å². The third kappa shape index (κ3) is 3.56. The van der Waals surface area contributed by atoms with E-state index in [1.54, 1.807) is 56.3 Å². The van der Waals surface area contributed by atoms with Crippen LogP contribution in [0.15, 0.2) is 60.8 Å².